The summed E-state index contributed by atoms with van der Waals surface area (Å²) in [4.78, 5) is 48.2. The van der Waals surface area contributed by atoms with Crippen LogP contribution in [-0.4, -0.2) is 69.5 Å². The Hall–Kier alpha value is -1.16. The molecule has 0 saturated heterocycles. The monoisotopic (exact) mass is 563 g/mol. The van der Waals surface area contributed by atoms with Crippen LogP contribution in [0, 0.1) is 0 Å². The number of hydrazine groups is 2. The van der Waals surface area contributed by atoms with Crippen molar-refractivity contribution in [2.45, 2.75) is 161 Å². The van der Waals surface area contributed by atoms with Gasteiger partial charge in [0, 0.05) is 48.8 Å². The molecule has 0 fully saturated rings. The number of nitrogens with zero attached hydrogens (tertiary/aromatic N) is 1. The molecule has 10 heteroatoms. The number of carbonyl (C=O) groups is 4. The quantitative estimate of drug-likeness (QED) is 0.0588. The third kappa shape index (κ3) is 25.5. The summed E-state index contributed by atoms with van der Waals surface area (Å²) in [6, 6.07) is -1.29. The first-order chi connectivity index (χ1) is 18.3. The molecule has 1 atom stereocenters. The van der Waals surface area contributed by atoms with Crippen LogP contribution < -0.4 is 16.6 Å². The zero-order chi connectivity index (χ0) is 28.4. The van der Waals surface area contributed by atoms with Crippen LogP contribution in [0.5, 0.6) is 0 Å². The predicted octanol–water partition coefficient (Wildman–Crippen LogP) is 5.53. The average molecular weight is 564 g/mol. The van der Waals surface area contributed by atoms with Crippen LogP contribution >= 0.6 is 0 Å². The summed E-state index contributed by atoms with van der Waals surface area (Å²) in [5.41, 5.74) is 10.3. The fourth-order valence-corrected chi connectivity index (χ4v) is 4.40. The van der Waals surface area contributed by atoms with E-state index in [0.717, 1.165) is 43.6 Å². The molecule has 0 bridgehead atoms. The summed E-state index contributed by atoms with van der Waals surface area (Å²) >= 11 is 0. The second-order valence-electron chi connectivity index (χ2n) is 10.5. The number of nitrogens with one attached hydrogen (secondary N) is 2. The number of aliphatic carboxylic acids is 1. The Morgan fingerprint density at radius 2 is 0.949 bits per heavy atom. The van der Waals surface area contributed by atoms with Gasteiger partial charge in [0.15, 0.2) is 0 Å². The zero-order valence-corrected chi connectivity index (χ0v) is 27.2. The Morgan fingerprint density at radius 3 is 1.26 bits per heavy atom. The molecule has 39 heavy (non-hydrogen) atoms. The molecule has 0 aliphatic carbocycles. The smallest absolute Gasteiger partial charge is 0.324 e. The standard InChI is InChI=1S/C29H56N4O5.Na/c1-3-5-7-9-11-13-15-17-19-21-27(35)31-33(25(29(37)38)23-24-26(30)34)32-28(36)22-20-18-16-14-12-10-8-6-4-2;/h25H,3-24H2,1-2H3,(H2,30,34)(H,31,35)(H,32,36)(H,37,38);/t25-;/m0./s1. The summed E-state index contributed by atoms with van der Waals surface area (Å²) in [6.45, 7) is 4.40. The molecule has 0 aromatic rings. The van der Waals surface area contributed by atoms with Crippen molar-refractivity contribution >= 4 is 53.2 Å². The fraction of sp³-hybridized carbons (Fsp3) is 0.862. The Kier molecular flexibility index (Phi) is 29.1. The number of nitrogens with two attached hydrogens (primary N) is 1. The number of carbonyl (C=O) groups excluding carboxylic acids is 3. The second kappa shape index (κ2) is 28.4. The maximum atomic E-state index is 12.5. The normalized spacial score (nSPS) is 11.6. The van der Waals surface area contributed by atoms with E-state index in [1.165, 1.54) is 64.2 Å². The summed E-state index contributed by atoms with van der Waals surface area (Å²) in [5.74, 6) is -2.61. The van der Waals surface area contributed by atoms with E-state index in [9.17, 15) is 24.3 Å². The molecule has 0 saturated carbocycles. The number of carboxylic acid groups (broad SMARTS) is 1. The van der Waals surface area contributed by atoms with Gasteiger partial charge in [0.05, 0.1) is 0 Å². The van der Waals surface area contributed by atoms with Crippen molar-refractivity contribution in [3.05, 3.63) is 0 Å². The van der Waals surface area contributed by atoms with Crippen LogP contribution in [0.1, 0.15) is 155 Å². The Bertz CT molecular complexity index is 615. The zero-order valence-electron chi connectivity index (χ0n) is 25.2. The first-order valence-corrected chi connectivity index (χ1v) is 15.2. The Labute approximate surface area is 259 Å². The molecular formula is C29H56N4NaO5. The maximum Gasteiger partial charge on any atom is 0.324 e. The molecule has 0 aliphatic rings. The molecule has 0 aromatic carbocycles. The number of hydrogen-bond acceptors (Lipinski definition) is 5. The van der Waals surface area contributed by atoms with Gasteiger partial charge in [0.2, 0.25) is 17.7 Å². The molecule has 0 unspecified atom stereocenters. The molecule has 9 nitrogen and oxygen atoms in total. The number of rotatable bonds is 27. The summed E-state index contributed by atoms with van der Waals surface area (Å²) in [7, 11) is 0. The van der Waals surface area contributed by atoms with Crippen molar-refractivity contribution in [2.75, 3.05) is 0 Å². The van der Waals surface area contributed by atoms with Crippen LogP contribution in [0.4, 0.5) is 0 Å². The van der Waals surface area contributed by atoms with Crippen molar-refractivity contribution < 1.29 is 24.3 Å². The van der Waals surface area contributed by atoms with Gasteiger partial charge in [-0.15, -0.1) is 5.12 Å². The Balaban J connectivity index is 0. The topological polar surface area (TPSA) is 142 Å². The fourth-order valence-electron chi connectivity index (χ4n) is 4.40. The minimum absolute atomic E-state index is 0. The number of unbranched alkanes of at least 4 members (excludes halogenated alkanes) is 16. The number of hydrogen-bond donors (Lipinski definition) is 4. The molecule has 0 rings (SSSR count). The van der Waals surface area contributed by atoms with Gasteiger partial charge in [-0.1, -0.05) is 117 Å². The van der Waals surface area contributed by atoms with Gasteiger partial charge < -0.3 is 10.8 Å². The van der Waals surface area contributed by atoms with Gasteiger partial charge in [-0.3, -0.25) is 30.0 Å². The average Bonchev–Trinajstić information content (AvgIpc) is 2.86. The SMILES string of the molecule is CCCCCCCCCCCC(=O)NN(NC(=O)CCCCCCCCCCC)[C@@H](CCC(N)=O)C(=O)O.[Na]. The second-order valence-corrected chi connectivity index (χ2v) is 10.5. The van der Waals surface area contributed by atoms with Gasteiger partial charge in [-0.25, -0.2) is 0 Å². The van der Waals surface area contributed by atoms with E-state index in [2.05, 4.69) is 24.7 Å². The van der Waals surface area contributed by atoms with E-state index in [0.29, 0.717) is 12.8 Å². The van der Waals surface area contributed by atoms with Crippen molar-refractivity contribution in [2.24, 2.45) is 5.73 Å². The summed E-state index contributed by atoms with van der Waals surface area (Å²) in [6.07, 6.45) is 20.4. The minimum atomic E-state index is -1.29. The molecule has 223 valence electrons. The van der Waals surface area contributed by atoms with Crippen molar-refractivity contribution in [1.29, 1.82) is 0 Å². The maximum absolute atomic E-state index is 12.5. The molecule has 3 amide bonds. The molecule has 1 radical (unpaired) electrons. The van der Waals surface area contributed by atoms with E-state index in [4.69, 9.17) is 5.73 Å². The molecule has 5 N–H and O–H groups in total. The minimum Gasteiger partial charge on any atom is -0.480 e. The van der Waals surface area contributed by atoms with E-state index >= 15 is 0 Å². The van der Waals surface area contributed by atoms with Crippen LogP contribution in [0.25, 0.3) is 0 Å². The largest absolute Gasteiger partial charge is 0.480 e. The van der Waals surface area contributed by atoms with Gasteiger partial charge in [-0.2, -0.15) is 0 Å². The molecular weight excluding hydrogens is 507 g/mol. The third-order valence-electron chi connectivity index (χ3n) is 6.77. The molecule has 0 heterocycles. The van der Waals surface area contributed by atoms with Crippen LogP contribution in [0.3, 0.4) is 0 Å². The first-order valence-electron chi connectivity index (χ1n) is 15.2. The van der Waals surface area contributed by atoms with Gasteiger partial charge in [-0.05, 0) is 19.3 Å². The van der Waals surface area contributed by atoms with Gasteiger partial charge in [0.1, 0.15) is 6.04 Å². The van der Waals surface area contributed by atoms with Crippen LogP contribution in [-0.2, 0) is 19.2 Å². The summed E-state index contributed by atoms with van der Waals surface area (Å²) in [5, 5.41) is 10.6. The van der Waals surface area contributed by atoms with Gasteiger partial charge in [0.25, 0.3) is 0 Å². The summed E-state index contributed by atoms with van der Waals surface area (Å²) < 4.78 is 0. The Morgan fingerprint density at radius 1 is 0.615 bits per heavy atom. The van der Waals surface area contributed by atoms with E-state index < -0.39 is 17.9 Å². The number of carboxylic acids is 1. The predicted molar refractivity (Wildman–Crippen MR) is 157 cm³/mol. The van der Waals surface area contributed by atoms with Crippen molar-refractivity contribution in [3.63, 3.8) is 0 Å². The van der Waals surface area contributed by atoms with Crippen LogP contribution in [0.15, 0.2) is 0 Å². The van der Waals surface area contributed by atoms with Crippen LogP contribution in [0.2, 0.25) is 0 Å². The van der Waals surface area contributed by atoms with Gasteiger partial charge >= 0.3 is 5.97 Å². The van der Waals surface area contributed by atoms with E-state index in [1.807, 2.05) is 0 Å². The molecule has 0 aromatic heterocycles. The van der Waals surface area contributed by atoms with Crippen molar-refractivity contribution in [1.82, 2.24) is 16.0 Å². The van der Waals surface area contributed by atoms with E-state index in [-0.39, 0.29) is 67.1 Å². The van der Waals surface area contributed by atoms with Crippen molar-refractivity contribution in [3.8, 4) is 0 Å². The molecule has 0 spiro atoms. The first kappa shape index (κ1) is 40.0. The number of primary amides is 1. The molecule has 0 aliphatic heterocycles. The number of amides is 3. The van der Waals surface area contributed by atoms with E-state index in [1.54, 1.807) is 0 Å². The third-order valence-corrected chi connectivity index (χ3v) is 6.77.